The molecule has 0 aliphatic rings. The van der Waals surface area contributed by atoms with Crippen molar-refractivity contribution in [2.24, 2.45) is 0 Å². The second kappa shape index (κ2) is 8.00. The van der Waals surface area contributed by atoms with E-state index in [1.165, 1.54) is 36.0 Å². The minimum absolute atomic E-state index is 0.111. The lowest BCUT2D eigenvalue weighted by molar-refractivity contribution is -0.113. The Hall–Kier alpha value is -3.26. The van der Waals surface area contributed by atoms with E-state index in [0.717, 1.165) is 16.6 Å². The Balaban J connectivity index is 1.51. The van der Waals surface area contributed by atoms with E-state index in [1.54, 1.807) is 42.0 Å². The van der Waals surface area contributed by atoms with Gasteiger partial charge in [-0.1, -0.05) is 17.8 Å². The number of nitrogens with one attached hydrogen (secondary N) is 1. The van der Waals surface area contributed by atoms with Crippen LogP contribution in [0.15, 0.2) is 66.0 Å². The van der Waals surface area contributed by atoms with Crippen LogP contribution in [0.5, 0.6) is 0 Å². The summed E-state index contributed by atoms with van der Waals surface area (Å²) in [5.74, 6) is -0.863. The third-order valence-corrected chi connectivity index (χ3v) is 5.30. The first-order chi connectivity index (χ1) is 14.0. The molecule has 0 saturated heterocycles. The number of halogens is 2. The molecule has 0 fully saturated rings. The summed E-state index contributed by atoms with van der Waals surface area (Å²) in [5.41, 5.74) is 3.44. The first-order valence-corrected chi connectivity index (χ1v) is 9.77. The molecular formula is C21H16F2N4OS. The molecular weight excluding hydrogens is 394 g/mol. The predicted molar refractivity (Wildman–Crippen MR) is 109 cm³/mol. The number of fused-ring (bicyclic) bond motifs is 1. The number of aromatic nitrogens is 3. The molecule has 0 aliphatic heterocycles. The molecule has 4 rings (SSSR count). The zero-order chi connectivity index (χ0) is 20.4. The summed E-state index contributed by atoms with van der Waals surface area (Å²) in [6.45, 7) is 1.80. The number of anilines is 1. The fourth-order valence-electron chi connectivity index (χ4n) is 2.82. The summed E-state index contributed by atoms with van der Waals surface area (Å²) in [5, 5.41) is 7.85. The topological polar surface area (TPSA) is 59.3 Å². The van der Waals surface area contributed by atoms with Crippen molar-refractivity contribution in [1.82, 2.24) is 14.6 Å². The Labute approximate surface area is 169 Å². The molecule has 2 aromatic carbocycles. The van der Waals surface area contributed by atoms with Crippen molar-refractivity contribution in [3.05, 3.63) is 78.1 Å². The summed E-state index contributed by atoms with van der Waals surface area (Å²) in [6, 6.07) is 12.2. The van der Waals surface area contributed by atoms with Gasteiger partial charge in [-0.15, -0.1) is 0 Å². The van der Waals surface area contributed by atoms with Gasteiger partial charge in [-0.05, 0) is 55.0 Å². The van der Waals surface area contributed by atoms with Gasteiger partial charge in [0.05, 0.1) is 17.0 Å². The van der Waals surface area contributed by atoms with E-state index in [4.69, 9.17) is 0 Å². The average Bonchev–Trinajstić information content (AvgIpc) is 3.14. The number of thioether (sulfide) groups is 1. The van der Waals surface area contributed by atoms with Crippen molar-refractivity contribution in [2.45, 2.75) is 11.9 Å². The number of nitrogens with zero attached hydrogens (tertiary/aromatic N) is 3. The molecule has 29 heavy (non-hydrogen) atoms. The molecule has 4 aromatic rings. The Morgan fingerprint density at radius 2 is 1.86 bits per heavy atom. The molecule has 0 aliphatic carbocycles. The summed E-state index contributed by atoms with van der Waals surface area (Å²) < 4.78 is 28.2. The number of benzene rings is 2. The molecule has 0 radical (unpaired) electrons. The van der Waals surface area contributed by atoms with Gasteiger partial charge in [-0.2, -0.15) is 5.10 Å². The van der Waals surface area contributed by atoms with E-state index < -0.39 is 5.82 Å². The highest BCUT2D eigenvalue weighted by atomic mass is 32.2. The summed E-state index contributed by atoms with van der Waals surface area (Å²) in [7, 11) is 0. The minimum atomic E-state index is -0.405. The Bertz CT molecular complexity index is 1190. The van der Waals surface area contributed by atoms with E-state index >= 15 is 0 Å². The van der Waals surface area contributed by atoms with E-state index in [9.17, 15) is 13.6 Å². The van der Waals surface area contributed by atoms with Crippen LogP contribution in [0.4, 0.5) is 14.5 Å². The lowest BCUT2D eigenvalue weighted by atomic mass is 10.1. The van der Waals surface area contributed by atoms with Crippen molar-refractivity contribution in [3.63, 3.8) is 0 Å². The minimum Gasteiger partial charge on any atom is -0.325 e. The smallest absolute Gasteiger partial charge is 0.234 e. The van der Waals surface area contributed by atoms with Crippen molar-refractivity contribution in [2.75, 3.05) is 11.1 Å². The molecule has 0 unspecified atom stereocenters. The third kappa shape index (κ3) is 4.27. The number of carbonyl (C=O) groups excluding carboxylic acids is 1. The molecule has 5 nitrogen and oxygen atoms in total. The molecule has 0 atom stereocenters. The van der Waals surface area contributed by atoms with Crippen molar-refractivity contribution >= 4 is 28.9 Å². The van der Waals surface area contributed by atoms with Gasteiger partial charge in [0, 0.05) is 23.6 Å². The van der Waals surface area contributed by atoms with Gasteiger partial charge in [0.1, 0.15) is 16.7 Å². The fraction of sp³-hybridized carbons (Fsp3) is 0.0952. The van der Waals surface area contributed by atoms with Crippen LogP contribution >= 0.6 is 11.8 Å². The molecule has 2 aromatic heterocycles. The van der Waals surface area contributed by atoms with Crippen LogP contribution < -0.4 is 5.32 Å². The normalized spacial score (nSPS) is 11.0. The molecule has 1 amide bonds. The van der Waals surface area contributed by atoms with E-state index in [-0.39, 0.29) is 17.5 Å². The maximum absolute atomic E-state index is 13.4. The van der Waals surface area contributed by atoms with E-state index in [0.29, 0.717) is 16.4 Å². The van der Waals surface area contributed by atoms with Gasteiger partial charge >= 0.3 is 0 Å². The standard InChI is InChI=1S/C21H16F2N4OS/c1-13-2-5-16(23)10-17(13)25-20(28)12-29-21-19-11-18(26-27(19)9-8-24-21)14-3-6-15(22)7-4-14/h2-11H,12H2,1H3,(H,25,28). The average molecular weight is 410 g/mol. The van der Waals surface area contributed by atoms with Gasteiger partial charge in [-0.25, -0.2) is 18.3 Å². The lowest BCUT2D eigenvalue weighted by Crippen LogP contribution is -2.15. The first-order valence-electron chi connectivity index (χ1n) is 8.79. The predicted octanol–water partition coefficient (Wildman–Crippen LogP) is 4.71. The molecule has 0 spiro atoms. The van der Waals surface area contributed by atoms with Crippen LogP contribution in [0.25, 0.3) is 16.8 Å². The second-order valence-electron chi connectivity index (χ2n) is 6.39. The number of hydrogen-bond acceptors (Lipinski definition) is 4. The van der Waals surface area contributed by atoms with Crippen LogP contribution in [0.3, 0.4) is 0 Å². The van der Waals surface area contributed by atoms with Crippen LogP contribution in [0, 0.1) is 18.6 Å². The third-order valence-electron chi connectivity index (χ3n) is 4.31. The van der Waals surface area contributed by atoms with Crippen LogP contribution in [0.1, 0.15) is 5.56 Å². The van der Waals surface area contributed by atoms with Gasteiger partial charge in [0.25, 0.3) is 0 Å². The van der Waals surface area contributed by atoms with Gasteiger partial charge in [0.15, 0.2) is 0 Å². The quantitative estimate of drug-likeness (QED) is 0.484. The zero-order valence-electron chi connectivity index (χ0n) is 15.4. The number of amides is 1. The summed E-state index contributed by atoms with van der Waals surface area (Å²) in [4.78, 5) is 16.6. The van der Waals surface area contributed by atoms with Crippen molar-refractivity contribution < 1.29 is 13.6 Å². The monoisotopic (exact) mass is 410 g/mol. The van der Waals surface area contributed by atoms with Crippen LogP contribution in [-0.4, -0.2) is 26.3 Å². The maximum atomic E-state index is 13.4. The highest BCUT2D eigenvalue weighted by Gasteiger charge is 2.12. The van der Waals surface area contributed by atoms with Gasteiger partial charge < -0.3 is 5.32 Å². The molecule has 0 saturated carbocycles. The van der Waals surface area contributed by atoms with Crippen molar-refractivity contribution in [3.8, 4) is 11.3 Å². The molecule has 8 heteroatoms. The van der Waals surface area contributed by atoms with Gasteiger partial charge in [0.2, 0.25) is 5.91 Å². The molecule has 2 heterocycles. The Kier molecular flexibility index (Phi) is 5.26. The van der Waals surface area contributed by atoms with Crippen LogP contribution in [-0.2, 0) is 4.79 Å². The van der Waals surface area contributed by atoms with Crippen molar-refractivity contribution in [1.29, 1.82) is 0 Å². The highest BCUT2D eigenvalue weighted by molar-refractivity contribution is 8.00. The maximum Gasteiger partial charge on any atom is 0.234 e. The SMILES string of the molecule is Cc1ccc(F)cc1NC(=O)CSc1nccn2nc(-c3ccc(F)cc3)cc12. The highest BCUT2D eigenvalue weighted by Crippen LogP contribution is 2.26. The molecule has 146 valence electrons. The Morgan fingerprint density at radius 1 is 1.10 bits per heavy atom. The summed E-state index contributed by atoms with van der Waals surface area (Å²) in [6.07, 6.45) is 3.31. The van der Waals surface area contributed by atoms with E-state index in [2.05, 4.69) is 15.4 Å². The largest absolute Gasteiger partial charge is 0.325 e. The summed E-state index contributed by atoms with van der Waals surface area (Å²) >= 11 is 1.26. The zero-order valence-corrected chi connectivity index (χ0v) is 16.2. The first kappa shape index (κ1) is 19.1. The van der Waals surface area contributed by atoms with E-state index in [1.807, 2.05) is 6.07 Å². The number of rotatable bonds is 5. The fourth-order valence-corrected chi connectivity index (χ4v) is 3.60. The number of aryl methyl sites for hydroxylation is 1. The molecule has 0 bridgehead atoms. The lowest BCUT2D eigenvalue weighted by Gasteiger charge is -2.08. The number of carbonyl (C=O) groups is 1. The second-order valence-corrected chi connectivity index (χ2v) is 7.36. The number of hydrogen-bond donors (Lipinski definition) is 1. The molecule has 1 N–H and O–H groups in total. The van der Waals surface area contributed by atoms with Gasteiger partial charge in [-0.3, -0.25) is 4.79 Å². The van der Waals surface area contributed by atoms with Crippen LogP contribution in [0.2, 0.25) is 0 Å². The Morgan fingerprint density at radius 3 is 2.66 bits per heavy atom.